The second-order valence-corrected chi connectivity index (χ2v) is 6.44. The van der Waals surface area contributed by atoms with Crippen molar-refractivity contribution in [3.8, 4) is 6.07 Å². The van der Waals surface area contributed by atoms with E-state index in [0.717, 1.165) is 11.1 Å². The first-order valence-corrected chi connectivity index (χ1v) is 8.15. The Labute approximate surface area is 158 Å². The van der Waals surface area contributed by atoms with Crippen molar-refractivity contribution in [1.82, 2.24) is 9.88 Å². The Morgan fingerprint density at radius 1 is 1.44 bits per heavy atom. The van der Waals surface area contributed by atoms with Gasteiger partial charge in [0.05, 0.1) is 24.1 Å². The quantitative estimate of drug-likeness (QED) is 0.566. The number of aromatic nitrogens is 1. The number of rotatable bonds is 4. The average molecular weight is 400 g/mol. The first kappa shape index (κ1) is 20.6. The first-order valence-electron chi connectivity index (χ1n) is 7.74. The van der Waals surface area contributed by atoms with Crippen molar-refractivity contribution < 1.29 is 27.5 Å². The van der Waals surface area contributed by atoms with Crippen LogP contribution in [0.1, 0.15) is 32.0 Å². The van der Waals surface area contributed by atoms with Crippen molar-refractivity contribution in [3.05, 3.63) is 23.5 Å². The molecule has 1 saturated heterocycles. The van der Waals surface area contributed by atoms with Crippen molar-refractivity contribution in [1.29, 1.82) is 5.26 Å². The van der Waals surface area contributed by atoms with E-state index in [1.807, 2.05) is 0 Å². The highest BCUT2D eigenvalue weighted by molar-refractivity contribution is 7.80. The average Bonchev–Trinajstić information content (AvgIpc) is 2.74. The molecule has 1 aliphatic heterocycles. The Kier molecular flexibility index (Phi) is 5.42. The fourth-order valence-electron chi connectivity index (χ4n) is 2.55. The Balaban J connectivity index is 2.48. The van der Waals surface area contributed by atoms with Gasteiger partial charge in [0, 0.05) is 0 Å². The summed E-state index contributed by atoms with van der Waals surface area (Å²) in [5.74, 6) is -1.26. The maximum atomic E-state index is 13.2. The summed E-state index contributed by atoms with van der Waals surface area (Å²) in [6, 6.07) is 2.01. The van der Waals surface area contributed by atoms with Crippen LogP contribution in [0.25, 0.3) is 0 Å². The number of carbonyl (C=O) groups excluding carboxylic acids is 2. The van der Waals surface area contributed by atoms with E-state index in [1.165, 1.54) is 24.8 Å². The second kappa shape index (κ2) is 7.11. The zero-order chi connectivity index (χ0) is 20.6. The van der Waals surface area contributed by atoms with Gasteiger partial charge in [0.2, 0.25) is 0 Å². The number of hydrogen-bond acceptors (Lipinski definition) is 6. The van der Waals surface area contributed by atoms with E-state index in [9.17, 15) is 22.8 Å². The number of esters is 1. The van der Waals surface area contributed by atoms with Gasteiger partial charge in [-0.1, -0.05) is 0 Å². The van der Waals surface area contributed by atoms with Gasteiger partial charge in [-0.2, -0.15) is 18.4 Å². The predicted molar refractivity (Wildman–Crippen MR) is 91.5 cm³/mol. The summed E-state index contributed by atoms with van der Waals surface area (Å²) in [5, 5.41) is 8.68. The van der Waals surface area contributed by atoms with Gasteiger partial charge >= 0.3 is 12.1 Å². The van der Waals surface area contributed by atoms with Crippen LogP contribution in [0.2, 0.25) is 0 Å². The molecule has 1 amide bonds. The molecule has 1 aromatic heterocycles. The van der Waals surface area contributed by atoms with E-state index < -0.39 is 34.8 Å². The lowest BCUT2D eigenvalue weighted by Gasteiger charge is -2.28. The molecule has 27 heavy (non-hydrogen) atoms. The number of nitriles is 1. The standard InChI is InChI=1S/C16H15F3N4O3S/c1-4-26-12(24)8-22-14(27)23(13(25)15(22,2)3)9-5-10(16(17,18)19)11(6-20)21-7-9/h5,7H,4,8H2,1-3H3. The first-order chi connectivity index (χ1) is 12.4. The van der Waals surface area contributed by atoms with Gasteiger partial charge in [0.15, 0.2) is 10.8 Å². The van der Waals surface area contributed by atoms with Crippen LogP contribution in [0.15, 0.2) is 12.3 Å². The molecule has 0 aliphatic carbocycles. The lowest BCUT2D eigenvalue weighted by Crippen LogP contribution is -2.46. The topological polar surface area (TPSA) is 86.5 Å². The Morgan fingerprint density at radius 3 is 2.59 bits per heavy atom. The zero-order valence-corrected chi connectivity index (χ0v) is 15.4. The molecule has 0 bridgehead atoms. The third kappa shape index (κ3) is 3.71. The number of thiocarbonyl (C=S) groups is 1. The zero-order valence-electron chi connectivity index (χ0n) is 14.6. The highest BCUT2D eigenvalue weighted by Crippen LogP contribution is 2.36. The van der Waals surface area contributed by atoms with Crippen LogP contribution < -0.4 is 4.90 Å². The smallest absolute Gasteiger partial charge is 0.419 e. The normalized spacial score (nSPS) is 16.5. The lowest BCUT2D eigenvalue weighted by molar-refractivity contribution is -0.144. The SMILES string of the molecule is CCOC(=O)CN1C(=S)N(c2cnc(C#N)c(C(F)(F)F)c2)C(=O)C1(C)C. The van der Waals surface area contributed by atoms with Gasteiger partial charge in [-0.15, -0.1) is 0 Å². The minimum absolute atomic E-state index is 0.131. The number of anilines is 1. The molecule has 0 aromatic carbocycles. The molecule has 2 heterocycles. The third-order valence-corrected chi connectivity index (χ3v) is 4.36. The Hall–Kier alpha value is -2.74. The van der Waals surface area contributed by atoms with Crippen molar-refractivity contribution >= 4 is 34.9 Å². The number of alkyl halides is 3. The molecule has 0 unspecified atom stereocenters. The van der Waals surface area contributed by atoms with Gasteiger partial charge < -0.3 is 9.64 Å². The molecule has 1 fully saturated rings. The van der Waals surface area contributed by atoms with Crippen LogP contribution in [0.5, 0.6) is 0 Å². The molecule has 0 saturated carbocycles. The molecule has 0 atom stereocenters. The minimum atomic E-state index is -4.83. The van der Waals surface area contributed by atoms with Gasteiger partial charge in [-0.05, 0) is 39.1 Å². The van der Waals surface area contributed by atoms with Crippen molar-refractivity contribution in [2.45, 2.75) is 32.5 Å². The molecule has 11 heteroatoms. The van der Waals surface area contributed by atoms with Crippen molar-refractivity contribution in [2.75, 3.05) is 18.1 Å². The molecular formula is C16H15F3N4O3S. The summed E-state index contributed by atoms with van der Waals surface area (Å²) < 4.78 is 44.4. The molecule has 7 nitrogen and oxygen atoms in total. The van der Waals surface area contributed by atoms with Crippen molar-refractivity contribution in [3.63, 3.8) is 0 Å². The van der Waals surface area contributed by atoms with Crippen molar-refractivity contribution in [2.24, 2.45) is 0 Å². The molecule has 1 aliphatic rings. The van der Waals surface area contributed by atoms with E-state index in [0.29, 0.717) is 6.07 Å². The monoisotopic (exact) mass is 400 g/mol. The number of ether oxygens (including phenoxy) is 1. The van der Waals surface area contributed by atoms with Gasteiger partial charge in [-0.25, -0.2) is 4.98 Å². The fourth-order valence-corrected chi connectivity index (χ4v) is 3.03. The van der Waals surface area contributed by atoms with Gasteiger partial charge in [-0.3, -0.25) is 14.5 Å². The van der Waals surface area contributed by atoms with Crippen LogP contribution in [-0.4, -0.2) is 45.6 Å². The predicted octanol–water partition coefficient (Wildman–Crippen LogP) is 2.25. The van der Waals surface area contributed by atoms with Gasteiger partial charge in [0.25, 0.3) is 5.91 Å². The Morgan fingerprint density at radius 2 is 2.07 bits per heavy atom. The number of halogens is 3. The number of carbonyl (C=O) groups is 2. The van der Waals surface area contributed by atoms with E-state index in [2.05, 4.69) is 4.98 Å². The molecule has 2 rings (SSSR count). The maximum Gasteiger partial charge on any atom is 0.419 e. The van der Waals surface area contributed by atoms with E-state index in [1.54, 1.807) is 6.92 Å². The third-order valence-electron chi connectivity index (χ3n) is 3.96. The number of hydrogen-bond donors (Lipinski definition) is 0. The molecule has 1 aromatic rings. The number of amides is 1. The van der Waals surface area contributed by atoms with Crippen LogP contribution in [0.3, 0.4) is 0 Å². The number of nitrogens with zero attached hydrogens (tertiary/aromatic N) is 4. The van der Waals surface area contributed by atoms with Crippen LogP contribution in [-0.2, 0) is 20.5 Å². The van der Waals surface area contributed by atoms with Crippen LogP contribution in [0.4, 0.5) is 18.9 Å². The molecular weight excluding hydrogens is 385 g/mol. The summed E-state index contributed by atoms with van der Waals surface area (Å²) >= 11 is 5.22. The minimum Gasteiger partial charge on any atom is -0.465 e. The summed E-state index contributed by atoms with van der Waals surface area (Å²) in [7, 11) is 0. The van der Waals surface area contributed by atoms with Gasteiger partial charge in [0.1, 0.15) is 18.2 Å². The lowest BCUT2D eigenvalue weighted by atomic mass is 10.0. The Bertz CT molecular complexity index is 848. The molecule has 0 N–H and O–H groups in total. The number of pyridine rings is 1. The molecule has 144 valence electrons. The summed E-state index contributed by atoms with van der Waals surface area (Å²) in [4.78, 5) is 30.2. The molecule has 0 spiro atoms. The maximum absolute atomic E-state index is 13.2. The summed E-state index contributed by atoms with van der Waals surface area (Å²) in [5.41, 5.74) is -3.61. The summed E-state index contributed by atoms with van der Waals surface area (Å²) in [6.07, 6.45) is -3.87. The van der Waals surface area contributed by atoms with E-state index in [-0.39, 0.29) is 24.0 Å². The van der Waals surface area contributed by atoms with Crippen LogP contribution in [0, 0.1) is 11.3 Å². The van der Waals surface area contributed by atoms with Crippen LogP contribution >= 0.6 is 12.2 Å². The fraction of sp³-hybridized carbons (Fsp3) is 0.438. The highest BCUT2D eigenvalue weighted by Gasteiger charge is 2.50. The highest BCUT2D eigenvalue weighted by atomic mass is 32.1. The van der Waals surface area contributed by atoms with E-state index in [4.69, 9.17) is 22.2 Å². The second-order valence-electron chi connectivity index (χ2n) is 6.07. The summed E-state index contributed by atoms with van der Waals surface area (Å²) in [6.45, 7) is 4.39. The molecule has 0 radical (unpaired) electrons. The van der Waals surface area contributed by atoms with E-state index >= 15 is 0 Å². The largest absolute Gasteiger partial charge is 0.465 e.